The van der Waals surface area contributed by atoms with E-state index in [-0.39, 0.29) is 0 Å². The van der Waals surface area contributed by atoms with Crippen molar-refractivity contribution in [2.45, 2.75) is 13.8 Å². The summed E-state index contributed by atoms with van der Waals surface area (Å²) in [6.45, 7) is 4.39. The zero-order valence-corrected chi connectivity index (χ0v) is 20.1. The topological polar surface area (TPSA) is 0 Å². The first kappa shape index (κ1) is 19.8. The van der Waals surface area contributed by atoms with Crippen LogP contribution in [0.1, 0.15) is 11.1 Å². The molecule has 0 aromatic heterocycles. The van der Waals surface area contributed by atoms with Crippen molar-refractivity contribution in [1.29, 1.82) is 0 Å². The van der Waals surface area contributed by atoms with Crippen molar-refractivity contribution < 1.29 is 0 Å². The third-order valence-corrected chi connectivity index (χ3v) is 16.6. The van der Waals surface area contributed by atoms with Crippen LogP contribution in [0.3, 0.4) is 0 Å². The van der Waals surface area contributed by atoms with E-state index in [9.17, 15) is 0 Å². The van der Waals surface area contributed by atoms with Gasteiger partial charge in [-0.2, -0.15) is 0 Å². The van der Waals surface area contributed by atoms with E-state index < -0.39 is 13.3 Å². The van der Waals surface area contributed by atoms with Gasteiger partial charge in [0.1, 0.15) is 0 Å². The molecule has 0 heterocycles. The van der Waals surface area contributed by atoms with E-state index in [1.54, 1.807) is 0 Å². The van der Waals surface area contributed by atoms with Crippen molar-refractivity contribution >= 4 is 41.6 Å². The zero-order chi connectivity index (χ0) is 21.3. The van der Waals surface area contributed by atoms with Crippen molar-refractivity contribution in [1.82, 2.24) is 0 Å². The molecule has 0 aliphatic heterocycles. The van der Waals surface area contributed by atoms with E-state index in [2.05, 4.69) is 135 Å². The van der Waals surface area contributed by atoms with Gasteiger partial charge in [-0.05, 0) is 0 Å². The summed E-state index contributed by atoms with van der Waals surface area (Å²) in [6.07, 6.45) is 0. The van der Waals surface area contributed by atoms with Crippen molar-refractivity contribution in [2.75, 3.05) is 0 Å². The monoisotopic (exact) mass is 460 g/mol. The normalized spacial score (nSPS) is 11.5. The summed E-state index contributed by atoms with van der Waals surface area (Å²) in [5, 5.41) is 2.74. The summed E-state index contributed by atoms with van der Waals surface area (Å²) in [7, 11) is 0. The van der Waals surface area contributed by atoms with E-state index >= 15 is 0 Å². The van der Waals surface area contributed by atoms with Crippen LogP contribution >= 0.6 is 0 Å². The molecule has 0 saturated carbocycles. The molecule has 0 fully saturated rings. The minimum atomic E-state index is -3.24. The fraction of sp³-hybridized carbons (Fsp3) is 0.0667. The van der Waals surface area contributed by atoms with E-state index in [4.69, 9.17) is 0 Å². The minimum absolute atomic E-state index is 1.30. The van der Waals surface area contributed by atoms with Crippen LogP contribution in [-0.2, 0) is 0 Å². The van der Waals surface area contributed by atoms with Gasteiger partial charge in [0.15, 0.2) is 0 Å². The Morgan fingerprint density at radius 1 is 0.419 bits per heavy atom. The van der Waals surface area contributed by atoms with Gasteiger partial charge in [0.05, 0.1) is 0 Å². The van der Waals surface area contributed by atoms with Crippen molar-refractivity contribution in [3.05, 3.63) is 132 Å². The van der Waals surface area contributed by atoms with Crippen molar-refractivity contribution in [3.8, 4) is 0 Å². The molecule has 0 bridgehead atoms. The molecule has 0 spiro atoms. The molecule has 0 radical (unpaired) electrons. The zero-order valence-electron chi connectivity index (χ0n) is 18.0. The first-order valence-corrected chi connectivity index (χ1v) is 15.1. The van der Waals surface area contributed by atoms with Crippen LogP contribution in [0.25, 0.3) is 10.8 Å². The molecule has 0 N–H and O–H groups in total. The SMILES string of the molecule is Cc1cc[c]([Ge]([c]2ccccc2)([c]2ccccc2)[c]2cccc3c(C)cccc23)cc1. The fourth-order valence-electron chi connectivity index (χ4n) is 4.94. The Labute approximate surface area is 187 Å². The molecule has 0 aliphatic rings. The van der Waals surface area contributed by atoms with E-state index in [0.717, 1.165) is 0 Å². The molecule has 1 heteroatoms. The average molecular weight is 459 g/mol. The second-order valence-corrected chi connectivity index (χ2v) is 16.2. The summed E-state index contributed by atoms with van der Waals surface area (Å²) in [5.41, 5.74) is 2.63. The molecular formula is C30H26Ge. The number of hydrogen-bond donors (Lipinski definition) is 0. The van der Waals surface area contributed by atoms with Gasteiger partial charge in [-0.25, -0.2) is 0 Å². The first-order valence-electron chi connectivity index (χ1n) is 10.9. The summed E-state index contributed by atoms with van der Waals surface area (Å²) in [4.78, 5) is 0. The third kappa shape index (κ3) is 3.32. The van der Waals surface area contributed by atoms with Gasteiger partial charge in [-0.3, -0.25) is 0 Å². The summed E-state index contributed by atoms with van der Waals surface area (Å²) in [6, 6.07) is 45.4. The Kier molecular flexibility index (Phi) is 5.25. The molecule has 0 atom stereocenters. The second kappa shape index (κ2) is 8.21. The van der Waals surface area contributed by atoms with Crippen LogP contribution in [0, 0.1) is 13.8 Å². The first-order chi connectivity index (χ1) is 15.2. The van der Waals surface area contributed by atoms with Crippen molar-refractivity contribution in [2.24, 2.45) is 0 Å². The molecule has 0 aliphatic carbocycles. The Morgan fingerprint density at radius 3 is 1.55 bits per heavy atom. The van der Waals surface area contributed by atoms with Gasteiger partial charge in [0.25, 0.3) is 0 Å². The molecule has 0 nitrogen and oxygen atoms in total. The Balaban J connectivity index is 1.99. The van der Waals surface area contributed by atoms with Crippen LogP contribution in [0.2, 0.25) is 0 Å². The van der Waals surface area contributed by atoms with Gasteiger partial charge in [-0.15, -0.1) is 0 Å². The molecule has 5 aromatic rings. The van der Waals surface area contributed by atoms with E-state index in [1.165, 1.54) is 39.5 Å². The van der Waals surface area contributed by atoms with Gasteiger partial charge >= 0.3 is 188 Å². The number of aryl methyl sites for hydroxylation is 2. The molecule has 0 saturated heterocycles. The fourth-order valence-corrected chi connectivity index (χ4v) is 15.3. The third-order valence-electron chi connectivity index (χ3n) is 6.44. The maximum absolute atomic E-state index is 3.24. The molecule has 0 unspecified atom stereocenters. The number of benzene rings is 5. The molecule has 0 amide bonds. The molecular weight excluding hydrogens is 433 g/mol. The summed E-state index contributed by atoms with van der Waals surface area (Å²) in [5.74, 6) is 0. The number of rotatable bonds is 4. The molecule has 5 aromatic carbocycles. The number of fused-ring (bicyclic) bond motifs is 1. The second-order valence-electron chi connectivity index (χ2n) is 8.32. The average Bonchev–Trinajstić information content (AvgIpc) is 2.83. The van der Waals surface area contributed by atoms with Gasteiger partial charge in [0.2, 0.25) is 0 Å². The maximum atomic E-state index is 2.39. The predicted octanol–water partition coefficient (Wildman–Crippen LogP) is 4.83. The van der Waals surface area contributed by atoms with E-state index in [1.807, 2.05) is 0 Å². The standard InChI is InChI=1S/C30H26Ge/c1-23-19-21-27(22-20-23)31(25-12-5-3-6-13-25,26-14-7-4-8-15-26)30-18-10-16-28-24(2)11-9-17-29(28)30/h3-22H,1-2H3. The van der Waals surface area contributed by atoms with Gasteiger partial charge in [0, 0.05) is 0 Å². The predicted molar refractivity (Wildman–Crippen MR) is 137 cm³/mol. The van der Waals surface area contributed by atoms with Gasteiger partial charge in [-0.1, -0.05) is 0 Å². The van der Waals surface area contributed by atoms with E-state index in [0.29, 0.717) is 0 Å². The van der Waals surface area contributed by atoms with Crippen molar-refractivity contribution in [3.63, 3.8) is 0 Å². The molecule has 5 rings (SSSR count). The summed E-state index contributed by atoms with van der Waals surface area (Å²) < 4.78 is 5.90. The van der Waals surface area contributed by atoms with Crippen LogP contribution in [0.5, 0.6) is 0 Å². The van der Waals surface area contributed by atoms with Crippen LogP contribution in [0.4, 0.5) is 0 Å². The molecule has 31 heavy (non-hydrogen) atoms. The quantitative estimate of drug-likeness (QED) is 0.338. The summed E-state index contributed by atoms with van der Waals surface area (Å²) >= 11 is -3.24. The van der Waals surface area contributed by atoms with Crippen LogP contribution < -0.4 is 17.6 Å². The Bertz CT molecular complexity index is 1280. The van der Waals surface area contributed by atoms with Crippen LogP contribution in [0.15, 0.2) is 121 Å². The Morgan fingerprint density at radius 2 is 0.935 bits per heavy atom. The number of hydrogen-bond acceptors (Lipinski definition) is 0. The van der Waals surface area contributed by atoms with Crippen LogP contribution in [-0.4, -0.2) is 13.3 Å². The Hall–Kier alpha value is -3.10. The molecule has 150 valence electrons. The van der Waals surface area contributed by atoms with Gasteiger partial charge < -0.3 is 0 Å².